The van der Waals surface area contributed by atoms with Crippen LogP contribution >= 0.6 is 0 Å². The molecule has 1 aromatic heterocycles. The third-order valence-electron chi connectivity index (χ3n) is 8.53. The van der Waals surface area contributed by atoms with Crippen LogP contribution in [0.5, 0.6) is 11.5 Å². The maximum Gasteiger partial charge on any atom is 0.328 e. The van der Waals surface area contributed by atoms with Gasteiger partial charge < -0.3 is 19.4 Å². The standard InChI is InChI=1S/C33H36N6O5/c1-37(20-21-4-8-25(9-5-21)39-17-14-29(40)35-33(39)42)23-12-15-38(16-13-23)24-10-6-22(7-11-24)31-34-27-18-26(43-2)19-28(44-3)30(27)32(41)36-31/h4-11,18-19,23H,12-17,20H2,1-3H3,(H,34,36,41)(H,35,40,42). The maximum absolute atomic E-state index is 12.9. The summed E-state index contributed by atoms with van der Waals surface area (Å²) in [4.78, 5) is 50.5. The molecule has 2 saturated heterocycles. The summed E-state index contributed by atoms with van der Waals surface area (Å²) in [5, 5.41) is 2.76. The fourth-order valence-corrected chi connectivity index (χ4v) is 6.03. The third-order valence-corrected chi connectivity index (χ3v) is 8.53. The van der Waals surface area contributed by atoms with Crippen molar-refractivity contribution in [1.82, 2.24) is 20.2 Å². The van der Waals surface area contributed by atoms with E-state index >= 15 is 0 Å². The number of urea groups is 1. The highest BCUT2D eigenvalue weighted by Crippen LogP contribution is 2.30. The molecular weight excluding hydrogens is 560 g/mol. The first-order chi connectivity index (χ1) is 21.3. The van der Waals surface area contributed by atoms with Gasteiger partial charge in [0.05, 0.1) is 19.7 Å². The largest absolute Gasteiger partial charge is 0.497 e. The molecular formula is C33H36N6O5. The molecule has 11 heteroatoms. The van der Waals surface area contributed by atoms with Gasteiger partial charge in [-0.2, -0.15) is 0 Å². The number of benzene rings is 3. The van der Waals surface area contributed by atoms with E-state index in [0.29, 0.717) is 47.2 Å². The number of hydrogen-bond donors (Lipinski definition) is 2. The predicted molar refractivity (Wildman–Crippen MR) is 170 cm³/mol. The van der Waals surface area contributed by atoms with Crippen LogP contribution in [0.4, 0.5) is 16.2 Å². The number of aromatic nitrogens is 2. The van der Waals surface area contributed by atoms with Gasteiger partial charge in [0.1, 0.15) is 22.7 Å². The number of rotatable bonds is 8. The number of amides is 3. The molecule has 3 amide bonds. The zero-order valence-corrected chi connectivity index (χ0v) is 25.1. The molecule has 11 nitrogen and oxygen atoms in total. The summed E-state index contributed by atoms with van der Waals surface area (Å²) in [6, 6.07) is 19.6. The zero-order valence-electron chi connectivity index (χ0n) is 25.1. The number of nitrogens with zero attached hydrogens (tertiary/aromatic N) is 4. The first-order valence-electron chi connectivity index (χ1n) is 14.7. The lowest BCUT2D eigenvalue weighted by atomic mass is 10.0. The molecule has 0 aliphatic carbocycles. The van der Waals surface area contributed by atoms with E-state index in [1.165, 1.54) is 12.7 Å². The lowest BCUT2D eigenvalue weighted by molar-refractivity contribution is -0.120. The molecule has 0 radical (unpaired) electrons. The average Bonchev–Trinajstić information content (AvgIpc) is 3.04. The Labute approximate surface area is 255 Å². The van der Waals surface area contributed by atoms with Crippen LogP contribution in [0.25, 0.3) is 22.3 Å². The molecule has 228 valence electrons. The first kappa shape index (κ1) is 29.2. The van der Waals surface area contributed by atoms with E-state index in [-0.39, 0.29) is 17.5 Å². The Balaban J connectivity index is 1.06. The van der Waals surface area contributed by atoms with Crippen LogP contribution in [0, 0.1) is 0 Å². The van der Waals surface area contributed by atoms with Crippen LogP contribution in [0.2, 0.25) is 0 Å². The Kier molecular flexibility index (Phi) is 8.21. The van der Waals surface area contributed by atoms with Crippen molar-refractivity contribution in [1.29, 1.82) is 0 Å². The smallest absolute Gasteiger partial charge is 0.328 e. The number of piperidine rings is 1. The van der Waals surface area contributed by atoms with E-state index < -0.39 is 0 Å². The highest BCUT2D eigenvalue weighted by molar-refractivity contribution is 6.05. The number of aromatic amines is 1. The van der Waals surface area contributed by atoms with Gasteiger partial charge in [-0.1, -0.05) is 12.1 Å². The summed E-state index contributed by atoms with van der Waals surface area (Å²) in [5.41, 5.74) is 4.19. The molecule has 0 unspecified atom stereocenters. The minimum absolute atomic E-state index is 0.230. The van der Waals surface area contributed by atoms with Crippen LogP contribution < -0.4 is 30.1 Å². The van der Waals surface area contributed by atoms with Gasteiger partial charge in [-0.15, -0.1) is 0 Å². The number of fused-ring (bicyclic) bond motifs is 1. The van der Waals surface area contributed by atoms with Crippen molar-refractivity contribution in [3.63, 3.8) is 0 Å². The SMILES string of the molecule is COc1cc(OC)c2c(=O)[nH]c(-c3ccc(N4CCC(N(C)Cc5ccc(N6CCC(=O)NC6=O)cc5)CC4)cc3)nc2c1. The minimum atomic E-state index is -0.366. The highest BCUT2D eigenvalue weighted by atomic mass is 16.5. The number of hydrogen-bond acceptors (Lipinski definition) is 8. The van der Waals surface area contributed by atoms with E-state index in [1.54, 1.807) is 24.1 Å². The number of nitrogens with one attached hydrogen (secondary N) is 2. The summed E-state index contributed by atoms with van der Waals surface area (Å²) >= 11 is 0. The van der Waals surface area contributed by atoms with Gasteiger partial charge in [0.2, 0.25) is 5.91 Å². The van der Waals surface area contributed by atoms with Crippen molar-refractivity contribution >= 4 is 34.2 Å². The van der Waals surface area contributed by atoms with Gasteiger partial charge in [0.15, 0.2) is 0 Å². The predicted octanol–water partition coefficient (Wildman–Crippen LogP) is 4.15. The second kappa shape index (κ2) is 12.4. The summed E-state index contributed by atoms with van der Waals surface area (Å²) in [6.45, 7) is 3.11. The van der Waals surface area contributed by atoms with E-state index in [9.17, 15) is 14.4 Å². The van der Waals surface area contributed by atoms with Crippen molar-refractivity contribution in [3.8, 4) is 22.9 Å². The van der Waals surface area contributed by atoms with Gasteiger partial charge in [-0.05, 0) is 61.9 Å². The Morgan fingerprint density at radius 2 is 1.61 bits per heavy atom. The average molecular weight is 597 g/mol. The third kappa shape index (κ3) is 5.96. The van der Waals surface area contributed by atoms with Gasteiger partial charge in [0, 0.05) is 67.7 Å². The number of imide groups is 1. The molecule has 2 aliphatic heterocycles. The summed E-state index contributed by atoms with van der Waals surface area (Å²) in [7, 11) is 5.25. The lowest BCUT2D eigenvalue weighted by Crippen LogP contribution is -2.49. The molecule has 44 heavy (non-hydrogen) atoms. The lowest BCUT2D eigenvalue weighted by Gasteiger charge is -2.38. The Morgan fingerprint density at radius 3 is 2.27 bits per heavy atom. The molecule has 0 saturated carbocycles. The topological polar surface area (TPSA) is 120 Å². The number of methoxy groups -OCH3 is 2. The summed E-state index contributed by atoms with van der Waals surface area (Å²) in [5.74, 6) is 1.26. The number of H-pyrrole nitrogens is 1. The Hall–Kier alpha value is -4.90. The quantitative estimate of drug-likeness (QED) is 0.311. The van der Waals surface area contributed by atoms with Crippen molar-refractivity contribution in [2.45, 2.75) is 31.8 Å². The van der Waals surface area contributed by atoms with E-state index in [1.807, 2.05) is 24.3 Å². The number of anilines is 2. The van der Waals surface area contributed by atoms with Gasteiger partial charge in [-0.3, -0.25) is 24.7 Å². The minimum Gasteiger partial charge on any atom is -0.497 e. The molecule has 0 spiro atoms. The van der Waals surface area contributed by atoms with E-state index in [0.717, 1.165) is 49.4 Å². The van der Waals surface area contributed by atoms with Crippen molar-refractivity contribution in [2.75, 3.05) is 50.7 Å². The number of carbonyl (C=O) groups is 2. The van der Waals surface area contributed by atoms with E-state index in [4.69, 9.17) is 14.5 Å². The van der Waals surface area contributed by atoms with Crippen molar-refractivity contribution < 1.29 is 19.1 Å². The highest BCUT2D eigenvalue weighted by Gasteiger charge is 2.25. The normalized spacial score (nSPS) is 16.0. The second-order valence-electron chi connectivity index (χ2n) is 11.2. The molecule has 2 fully saturated rings. The molecule has 0 bridgehead atoms. The molecule has 3 heterocycles. The molecule has 2 aliphatic rings. The van der Waals surface area contributed by atoms with Crippen LogP contribution in [0.15, 0.2) is 65.5 Å². The summed E-state index contributed by atoms with van der Waals surface area (Å²) < 4.78 is 10.7. The molecule has 3 aromatic carbocycles. The van der Waals surface area contributed by atoms with Crippen molar-refractivity contribution in [2.24, 2.45) is 0 Å². The fraction of sp³-hybridized carbons (Fsp3) is 0.333. The summed E-state index contributed by atoms with van der Waals surface area (Å²) in [6.07, 6.45) is 2.40. The van der Waals surface area contributed by atoms with E-state index in [2.05, 4.69) is 51.4 Å². The van der Waals surface area contributed by atoms with Gasteiger partial charge in [-0.25, -0.2) is 9.78 Å². The molecule has 2 N–H and O–H groups in total. The van der Waals surface area contributed by atoms with Crippen LogP contribution in [0.1, 0.15) is 24.8 Å². The Morgan fingerprint density at radius 1 is 0.909 bits per heavy atom. The molecule has 0 atom stereocenters. The zero-order chi connectivity index (χ0) is 30.8. The van der Waals surface area contributed by atoms with Crippen LogP contribution in [-0.2, 0) is 11.3 Å². The van der Waals surface area contributed by atoms with Gasteiger partial charge >= 0.3 is 6.03 Å². The van der Waals surface area contributed by atoms with Gasteiger partial charge in [0.25, 0.3) is 5.56 Å². The number of ether oxygens (including phenoxy) is 2. The molecule has 6 rings (SSSR count). The Bertz CT molecular complexity index is 1730. The monoisotopic (exact) mass is 596 g/mol. The first-order valence-corrected chi connectivity index (χ1v) is 14.7. The second-order valence-corrected chi connectivity index (χ2v) is 11.2. The van der Waals surface area contributed by atoms with Crippen molar-refractivity contribution in [3.05, 3.63) is 76.6 Å². The molecule has 4 aromatic rings. The maximum atomic E-state index is 12.9. The number of carbonyl (C=O) groups excluding carboxylic acids is 2. The van der Waals surface area contributed by atoms with Crippen LogP contribution in [0.3, 0.4) is 0 Å². The fourth-order valence-electron chi connectivity index (χ4n) is 6.03. The van der Waals surface area contributed by atoms with Crippen LogP contribution in [-0.4, -0.2) is 73.7 Å².